The summed E-state index contributed by atoms with van der Waals surface area (Å²) < 4.78 is 0. The Kier molecular flexibility index (Phi) is 5.66. The predicted molar refractivity (Wildman–Crippen MR) is 67.8 cm³/mol. The van der Waals surface area contributed by atoms with Gasteiger partial charge in [-0.1, -0.05) is 18.2 Å². The molecule has 0 aromatic heterocycles. The molecule has 0 bridgehead atoms. The van der Waals surface area contributed by atoms with Crippen molar-refractivity contribution in [2.45, 2.75) is 25.8 Å². The van der Waals surface area contributed by atoms with E-state index in [0.717, 1.165) is 5.56 Å². The molecule has 0 heterocycles. The van der Waals surface area contributed by atoms with Crippen molar-refractivity contribution in [2.24, 2.45) is 5.73 Å². The van der Waals surface area contributed by atoms with Crippen molar-refractivity contribution in [1.29, 1.82) is 0 Å². The highest BCUT2D eigenvalue weighted by atomic mass is 16.3. The minimum atomic E-state index is -0.102. The van der Waals surface area contributed by atoms with E-state index in [-0.39, 0.29) is 18.6 Å². The zero-order valence-electron chi connectivity index (χ0n) is 10.1. The first-order valence-corrected chi connectivity index (χ1v) is 5.88. The molecule has 0 spiro atoms. The van der Waals surface area contributed by atoms with E-state index in [1.54, 1.807) is 6.07 Å². The lowest BCUT2D eigenvalue weighted by molar-refractivity contribution is 0.0933. The van der Waals surface area contributed by atoms with Crippen molar-refractivity contribution < 1.29 is 9.90 Å². The molecule has 0 saturated carbocycles. The quantitative estimate of drug-likeness (QED) is 0.680. The molecule has 1 amide bonds. The van der Waals surface area contributed by atoms with Gasteiger partial charge in [0.05, 0.1) is 0 Å². The maximum atomic E-state index is 12.0. The minimum absolute atomic E-state index is 0.0292. The van der Waals surface area contributed by atoms with Crippen LogP contribution < -0.4 is 11.1 Å². The fourth-order valence-corrected chi connectivity index (χ4v) is 1.68. The molecular formula is C13H20N2O2. The van der Waals surface area contributed by atoms with Crippen LogP contribution in [-0.2, 0) is 6.42 Å². The molecule has 4 nitrogen and oxygen atoms in total. The van der Waals surface area contributed by atoms with E-state index in [1.807, 2.05) is 25.1 Å². The van der Waals surface area contributed by atoms with Gasteiger partial charge in [0.15, 0.2) is 0 Å². The molecule has 1 unspecified atom stereocenters. The molecule has 0 aliphatic heterocycles. The van der Waals surface area contributed by atoms with Gasteiger partial charge in [-0.25, -0.2) is 0 Å². The van der Waals surface area contributed by atoms with Gasteiger partial charge in [0, 0.05) is 18.2 Å². The summed E-state index contributed by atoms with van der Waals surface area (Å²) >= 11 is 0. The van der Waals surface area contributed by atoms with E-state index in [0.29, 0.717) is 24.9 Å². The molecule has 4 heteroatoms. The Morgan fingerprint density at radius 3 is 2.82 bits per heavy atom. The highest BCUT2D eigenvalue weighted by molar-refractivity contribution is 5.95. The average molecular weight is 236 g/mol. The smallest absolute Gasteiger partial charge is 0.251 e. The summed E-state index contributed by atoms with van der Waals surface area (Å²) in [6.45, 7) is 2.47. The number of aliphatic hydroxyl groups is 1. The zero-order chi connectivity index (χ0) is 12.7. The zero-order valence-corrected chi connectivity index (χ0v) is 10.1. The van der Waals surface area contributed by atoms with Crippen LogP contribution in [0.4, 0.5) is 0 Å². The topological polar surface area (TPSA) is 75.3 Å². The van der Waals surface area contributed by atoms with Crippen LogP contribution in [-0.4, -0.2) is 30.2 Å². The van der Waals surface area contributed by atoms with E-state index < -0.39 is 0 Å². The molecule has 4 N–H and O–H groups in total. The van der Waals surface area contributed by atoms with E-state index in [1.165, 1.54) is 0 Å². The Bertz CT molecular complexity index is 366. The first-order chi connectivity index (χ1) is 8.19. The molecule has 0 fully saturated rings. The van der Waals surface area contributed by atoms with Gasteiger partial charge in [0.2, 0.25) is 0 Å². The SMILES string of the molecule is CC(CCO)NC(=O)c1ccccc1CCN. The third kappa shape index (κ3) is 4.17. The van der Waals surface area contributed by atoms with Gasteiger partial charge < -0.3 is 16.2 Å². The normalized spacial score (nSPS) is 12.2. The van der Waals surface area contributed by atoms with Crippen LogP contribution >= 0.6 is 0 Å². The Labute approximate surface area is 102 Å². The fourth-order valence-electron chi connectivity index (χ4n) is 1.68. The number of hydrogen-bond acceptors (Lipinski definition) is 3. The molecule has 1 atom stereocenters. The van der Waals surface area contributed by atoms with Gasteiger partial charge in [-0.3, -0.25) is 4.79 Å². The lowest BCUT2D eigenvalue weighted by atomic mass is 10.0. The fraction of sp³-hybridized carbons (Fsp3) is 0.462. The largest absolute Gasteiger partial charge is 0.396 e. The highest BCUT2D eigenvalue weighted by Crippen LogP contribution is 2.09. The van der Waals surface area contributed by atoms with E-state index in [2.05, 4.69) is 5.32 Å². The Morgan fingerprint density at radius 2 is 2.18 bits per heavy atom. The number of aliphatic hydroxyl groups excluding tert-OH is 1. The van der Waals surface area contributed by atoms with Gasteiger partial charge in [0.25, 0.3) is 5.91 Å². The van der Waals surface area contributed by atoms with Crippen molar-refractivity contribution in [1.82, 2.24) is 5.32 Å². The van der Waals surface area contributed by atoms with Gasteiger partial charge in [-0.05, 0) is 37.9 Å². The van der Waals surface area contributed by atoms with E-state index in [9.17, 15) is 4.79 Å². The van der Waals surface area contributed by atoms with Crippen molar-refractivity contribution in [3.05, 3.63) is 35.4 Å². The molecule has 0 aliphatic carbocycles. The van der Waals surface area contributed by atoms with Crippen LogP contribution in [0.25, 0.3) is 0 Å². The number of carbonyl (C=O) groups excluding carboxylic acids is 1. The molecule has 0 saturated heterocycles. The molecule has 1 aromatic carbocycles. The van der Waals surface area contributed by atoms with Crippen LogP contribution in [0.1, 0.15) is 29.3 Å². The summed E-state index contributed by atoms with van der Waals surface area (Å²) in [4.78, 5) is 12.0. The van der Waals surface area contributed by atoms with Gasteiger partial charge in [-0.15, -0.1) is 0 Å². The second-order valence-corrected chi connectivity index (χ2v) is 4.08. The summed E-state index contributed by atoms with van der Waals surface area (Å²) in [5.74, 6) is -0.102. The van der Waals surface area contributed by atoms with Crippen LogP contribution in [0.5, 0.6) is 0 Å². The minimum Gasteiger partial charge on any atom is -0.396 e. The number of carbonyl (C=O) groups is 1. The molecule has 94 valence electrons. The van der Waals surface area contributed by atoms with Crippen LogP contribution in [0.15, 0.2) is 24.3 Å². The molecule has 1 aromatic rings. The lowest BCUT2D eigenvalue weighted by Crippen LogP contribution is -2.33. The molecular weight excluding hydrogens is 216 g/mol. The molecule has 17 heavy (non-hydrogen) atoms. The Balaban J connectivity index is 2.74. The summed E-state index contributed by atoms with van der Waals surface area (Å²) in [7, 11) is 0. The second-order valence-electron chi connectivity index (χ2n) is 4.08. The number of rotatable bonds is 6. The van der Waals surface area contributed by atoms with Gasteiger partial charge in [-0.2, -0.15) is 0 Å². The molecule has 0 aliphatic rings. The first-order valence-electron chi connectivity index (χ1n) is 5.88. The second kappa shape index (κ2) is 7.04. The average Bonchev–Trinajstić information content (AvgIpc) is 2.30. The van der Waals surface area contributed by atoms with Crippen molar-refractivity contribution in [2.75, 3.05) is 13.2 Å². The van der Waals surface area contributed by atoms with Gasteiger partial charge in [0.1, 0.15) is 0 Å². The highest BCUT2D eigenvalue weighted by Gasteiger charge is 2.12. The molecule has 0 radical (unpaired) electrons. The Morgan fingerprint density at radius 1 is 1.47 bits per heavy atom. The summed E-state index contributed by atoms with van der Waals surface area (Å²) in [5, 5.41) is 11.6. The van der Waals surface area contributed by atoms with Crippen molar-refractivity contribution >= 4 is 5.91 Å². The third-order valence-electron chi connectivity index (χ3n) is 2.62. The number of hydrogen-bond donors (Lipinski definition) is 3. The van der Waals surface area contributed by atoms with Crippen LogP contribution in [0, 0.1) is 0 Å². The van der Waals surface area contributed by atoms with E-state index >= 15 is 0 Å². The number of nitrogens with two attached hydrogens (primary N) is 1. The maximum absolute atomic E-state index is 12.0. The maximum Gasteiger partial charge on any atom is 0.251 e. The number of benzene rings is 1. The monoisotopic (exact) mass is 236 g/mol. The predicted octanol–water partition coefficient (Wildman–Crippen LogP) is 0.689. The third-order valence-corrected chi connectivity index (χ3v) is 2.62. The molecule has 1 rings (SSSR count). The Hall–Kier alpha value is -1.39. The van der Waals surface area contributed by atoms with Gasteiger partial charge >= 0.3 is 0 Å². The summed E-state index contributed by atoms with van der Waals surface area (Å²) in [6.07, 6.45) is 1.25. The number of amides is 1. The first kappa shape index (κ1) is 13.7. The summed E-state index contributed by atoms with van der Waals surface area (Å²) in [5.41, 5.74) is 7.14. The standard InChI is InChI=1S/C13H20N2O2/c1-10(7-9-16)15-13(17)12-5-3-2-4-11(12)6-8-14/h2-5,10,16H,6-9,14H2,1H3,(H,15,17). The van der Waals surface area contributed by atoms with Crippen molar-refractivity contribution in [3.63, 3.8) is 0 Å². The van der Waals surface area contributed by atoms with Crippen LogP contribution in [0.2, 0.25) is 0 Å². The van der Waals surface area contributed by atoms with Crippen molar-refractivity contribution in [3.8, 4) is 0 Å². The lowest BCUT2D eigenvalue weighted by Gasteiger charge is -2.14. The summed E-state index contributed by atoms with van der Waals surface area (Å²) in [6, 6.07) is 7.42. The van der Waals surface area contributed by atoms with Crippen LogP contribution in [0.3, 0.4) is 0 Å². The van der Waals surface area contributed by atoms with E-state index in [4.69, 9.17) is 10.8 Å². The number of nitrogens with one attached hydrogen (secondary N) is 1.